The molecule has 2 heterocycles. The first kappa shape index (κ1) is 18.9. The highest BCUT2D eigenvalue weighted by Crippen LogP contribution is 2.33. The highest BCUT2D eigenvalue weighted by Gasteiger charge is 2.34. The van der Waals surface area contributed by atoms with E-state index in [4.69, 9.17) is 0 Å². The van der Waals surface area contributed by atoms with Crippen molar-refractivity contribution in [1.82, 2.24) is 20.0 Å². The second kappa shape index (κ2) is 7.40. The van der Waals surface area contributed by atoms with E-state index >= 15 is 0 Å². The Hall–Kier alpha value is -2.87. The number of carbonyl (C=O) groups excluding carboxylic acids is 1. The minimum atomic E-state index is -0.525. The molecule has 8 heteroatoms. The van der Waals surface area contributed by atoms with Crippen molar-refractivity contribution in [1.29, 1.82) is 0 Å². The summed E-state index contributed by atoms with van der Waals surface area (Å²) in [7, 11) is 5.14. The quantitative estimate of drug-likeness (QED) is 0.803. The third kappa shape index (κ3) is 3.66. The molecule has 0 aliphatic carbocycles. The molecule has 0 saturated carbocycles. The number of carbonyl (C=O) groups is 1. The van der Waals surface area contributed by atoms with Crippen LogP contribution in [-0.2, 0) is 11.3 Å². The van der Waals surface area contributed by atoms with Gasteiger partial charge in [0.05, 0.1) is 18.4 Å². The summed E-state index contributed by atoms with van der Waals surface area (Å²) in [5, 5.41) is 3.45. The zero-order chi connectivity index (χ0) is 19.7. The first-order valence-electron chi connectivity index (χ1n) is 8.45. The predicted molar refractivity (Wildman–Crippen MR) is 97.5 cm³/mol. The van der Waals surface area contributed by atoms with Gasteiger partial charge in [0.1, 0.15) is 11.9 Å². The number of hydrogen-bond acceptors (Lipinski definition) is 6. The topological polar surface area (TPSA) is 52.6 Å². The van der Waals surface area contributed by atoms with Crippen molar-refractivity contribution in [2.75, 3.05) is 26.0 Å². The molecular weight excluding hydrogens is 352 g/mol. The number of hydrazine groups is 1. The smallest absolute Gasteiger partial charge is 0.183 e. The van der Waals surface area contributed by atoms with Crippen LogP contribution in [0, 0.1) is 11.6 Å². The highest BCUT2D eigenvalue weighted by atomic mass is 19.1. The van der Waals surface area contributed by atoms with E-state index in [0.29, 0.717) is 17.1 Å². The Bertz CT molecular complexity index is 899. The number of nitrogens with zero attached hydrogens (tertiary/aromatic N) is 5. The molecule has 1 aliphatic rings. The number of ketones is 1. The maximum absolute atomic E-state index is 14.1. The summed E-state index contributed by atoms with van der Waals surface area (Å²) in [6.07, 6.45) is 2.84. The normalized spacial score (nSPS) is 17.2. The number of allylic oxidation sites excluding steroid dienone is 1. The van der Waals surface area contributed by atoms with Crippen molar-refractivity contribution in [2.24, 2.45) is 0 Å². The zero-order valence-corrected chi connectivity index (χ0v) is 15.6. The number of hydrogen-bond donors (Lipinski definition) is 0. The molecule has 2 aromatic rings. The van der Waals surface area contributed by atoms with Crippen LogP contribution in [-0.4, -0.2) is 46.9 Å². The molecule has 0 bridgehead atoms. The minimum absolute atomic E-state index is 0.157. The number of Topliss-reactive ketones (excluding diaryl/α,β-unsaturated/α-hetero) is 1. The summed E-state index contributed by atoms with van der Waals surface area (Å²) in [6.45, 7) is 1.64. The highest BCUT2D eigenvalue weighted by molar-refractivity contribution is 5.93. The Balaban J connectivity index is 1.96. The Morgan fingerprint density at radius 2 is 1.93 bits per heavy atom. The van der Waals surface area contributed by atoms with Crippen LogP contribution in [0.4, 0.5) is 14.6 Å². The average molecular weight is 373 g/mol. The molecule has 1 aromatic heterocycles. The fraction of sp³-hybridized carbons (Fsp3) is 0.316. The van der Waals surface area contributed by atoms with Gasteiger partial charge in [-0.3, -0.25) is 9.80 Å². The third-order valence-corrected chi connectivity index (χ3v) is 4.45. The van der Waals surface area contributed by atoms with Crippen molar-refractivity contribution in [3.8, 4) is 0 Å². The molecule has 0 N–H and O–H groups in total. The van der Waals surface area contributed by atoms with E-state index in [2.05, 4.69) is 9.97 Å². The third-order valence-electron chi connectivity index (χ3n) is 4.45. The summed E-state index contributed by atoms with van der Waals surface area (Å²) in [5.41, 5.74) is 0.885. The molecule has 3 rings (SSSR count). The SMILES string of the molecule is CC(=O)C1=CC(c2ncc(F)c(N(C)C)n2)N(C)N1Cc1ccccc1F. The lowest BCUT2D eigenvalue weighted by molar-refractivity contribution is -0.117. The summed E-state index contributed by atoms with van der Waals surface area (Å²) in [4.78, 5) is 22.1. The molecule has 142 valence electrons. The lowest BCUT2D eigenvalue weighted by atomic mass is 10.2. The van der Waals surface area contributed by atoms with E-state index in [1.54, 1.807) is 60.3 Å². The van der Waals surface area contributed by atoms with Crippen LogP contribution in [0.2, 0.25) is 0 Å². The fourth-order valence-corrected chi connectivity index (χ4v) is 3.02. The summed E-state index contributed by atoms with van der Waals surface area (Å²) in [6, 6.07) is 5.95. The Morgan fingerprint density at radius 1 is 1.22 bits per heavy atom. The Kier molecular flexibility index (Phi) is 5.18. The van der Waals surface area contributed by atoms with E-state index in [-0.39, 0.29) is 24.0 Å². The number of rotatable bonds is 5. The van der Waals surface area contributed by atoms with Crippen LogP contribution >= 0.6 is 0 Å². The van der Waals surface area contributed by atoms with Gasteiger partial charge in [-0.05, 0) is 12.1 Å². The van der Waals surface area contributed by atoms with Crippen LogP contribution in [0.3, 0.4) is 0 Å². The Labute approximate surface area is 156 Å². The molecule has 0 radical (unpaired) electrons. The first-order chi connectivity index (χ1) is 12.8. The van der Waals surface area contributed by atoms with Gasteiger partial charge in [-0.25, -0.2) is 23.8 Å². The van der Waals surface area contributed by atoms with Gasteiger partial charge < -0.3 is 4.90 Å². The fourth-order valence-electron chi connectivity index (χ4n) is 3.02. The largest absolute Gasteiger partial charge is 0.360 e. The van der Waals surface area contributed by atoms with Gasteiger partial charge in [0.2, 0.25) is 0 Å². The van der Waals surface area contributed by atoms with Crippen LogP contribution < -0.4 is 4.90 Å². The van der Waals surface area contributed by atoms with Crippen molar-refractivity contribution in [3.63, 3.8) is 0 Å². The standard InChI is InChI=1S/C19H21F2N5O/c1-12(27)16-9-17(18-22-10-15(21)19(23-18)24(2)3)25(4)26(16)11-13-7-5-6-8-14(13)20/h5-10,17H,11H2,1-4H3. The molecule has 0 saturated heterocycles. The summed E-state index contributed by atoms with van der Waals surface area (Å²) < 4.78 is 28.0. The van der Waals surface area contributed by atoms with Crippen LogP contribution in [0.25, 0.3) is 0 Å². The van der Waals surface area contributed by atoms with Gasteiger partial charge in [0, 0.05) is 33.6 Å². The number of aromatic nitrogens is 2. The molecule has 27 heavy (non-hydrogen) atoms. The van der Waals surface area contributed by atoms with Crippen molar-refractivity contribution < 1.29 is 13.6 Å². The monoisotopic (exact) mass is 373 g/mol. The number of benzene rings is 1. The molecule has 0 fully saturated rings. The van der Waals surface area contributed by atoms with Crippen molar-refractivity contribution >= 4 is 11.6 Å². The maximum atomic E-state index is 14.1. The molecule has 1 unspecified atom stereocenters. The van der Waals surface area contributed by atoms with Gasteiger partial charge >= 0.3 is 0 Å². The van der Waals surface area contributed by atoms with Crippen LogP contribution in [0.1, 0.15) is 24.4 Å². The van der Waals surface area contributed by atoms with Gasteiger partial charge in [0.25, 0.3) is 0 Å². The van der Waals surface area contributed by atoms with Crippen molar-refractivity contribution in [3.05, 3.63) is 65.3 Å². The molecule has 1 atom stereocenters. The van der Waals surface area contributed by atoms with Crippen LogP contribution in [0.15, 0.2) is 42.2 Å². The minimum Gasteiger partial charge on any atom is -0.360 e. The van der Waals surface area contributed by atoms with Gasteiger partial charge in [-0.2, -0.15) is 0 Å². The second-order valence-electron chi connectivity index (χ2n) is 6.57. The summed E-state index contributed by atoms with van der Waals surface area (Å²) in [5.74, 6) is -0.500. The summed E-state index contributed by atoms with van der Waals surface area (Å²) >= 11 is 0. The zero-order valence-electron chi connectivity index (χ0n) is 15.6. The first-order valence-corrected chi connectivity index (χ1v) is 8.45. The average Bonchev–Trinajstić information content (AvgIpc) is 2.94. The van der Waals surface area contributed by atoms with E-state index < -0.39 is 11.9 Å². The second-order valence-corrected chi connectivity index (χ2v) is 6.57. The van der Waals surface area contributed by atoms with Gasteiger partial charge in [-0.1, -0.05) is 18.2 Å². The molecule has 1 aliphatic heterocycles. The molecule has 6 nitrogen and oxygen atoms in total. The number of likely N-dealkylation sites (N-methyl/N-ethyl adjacent to an activating group) is 1. The predicted octanol–water partition coefficient (Wildman–Crippen LogP) is 2.70. The van der Waals surface area contributed by atoms with Gasteiger partial charge in [-0.15, -0.1) is 0 Å². The van der Waals surface area contributed by atoms with Gasteiger partial charge in [0.15, 0.2) is 23.2 Å². The lowest BCUT2D eigenvalue weighted by Gasteiger charge is -2.31. The van der Waals surface area contributed by atoms with E-state index in [1.165, 1.54) is 13.0 Å². The lowest BCUT2D eigenvalue weighted by Crippen LogP contribution is -2.37. The molecule has 0 amide bonds. The van der Waals surface area contributed by atoms with E-state index in [9.17, 15) is 13.6 Å². The Morgan fingerprint density at radius 3 is 2.56 bits per heavy atom. The molecule has 0 spiro atoms. The van der Waals surface area contributed by atoms with Crippen LogP contribution in [0.5, 0.6) is 0 Å². The molecular formula is C19H21F2N5O. The van der Waals surface area contributed by atoms with E-state index in [1.807, 2.05) is 0 Å². The number of anilines is 1. The molecule has 1 aromatic carbocycles. The van der Waals surface area contributed by atoms with Crippen molar-refractivity contribution in [2.45, 2.75) is 19.5 Å². The van der Waals surface area contributed by atoms with E-state index in [0.717, 1.165) is 6.20 Å². The maximum Gasteiger partial charge on any atom is 0.183 e. The number of halogens is 2.